The summed E-state index contributed by atoms with van der Waals surface area (Å²) >= 11 is 3.44. The third-order valence-corrected chi connectivity index (χ3v) is 4.71. The highest BCUT2D eigenvalue weighted by molar-refractivity contribution is 9.10. The average Bonchev–Trinajstić information content (AvgIpc) is 2.91. The maximum atomic E-state index is 12.4. The molecule has 1 heterocycles. The molecule has 2 aromatic carbocycles. The van der Waals surface area contributed by atoms with E-state index in [9.17, 15) is 4.79 Å². The molecular weight excluding hydrogens is 366 g/mol. The van der Waals surface area contributed by atoms with Crippen molar-refractivity contribution in [3.63, 3.8) is 0 Å². The van der Waals surface area contributed by atoms with Crippen LogP contribution in [0.25, 0.3) is 11.0 Å². The highest BCUT2D eigenvalue weighted by atomic mass is 79.9. The van der Waals surface area contributed by atoms with Crippen molar-refractivity contribution in [1.82, 2.24) is 0 Å². The molecule has 1 amide bonds. The first-order valence-electron chi connectivity index (χ1n) is 7.89. The number of hydrogen-bond acceptors (Lipinski definition) is 2. The van der Waals surface area contributed by atoms with Crippen LogP contribution in [0.5, 0.6) is 0 Å². The van der Waals surface area contributed by atoms with Gasteiger partial charge in [0.1, 0.15) is 5.58 Å². The Labute approximate surface area is 150 Å². The molecule has 0 aliphatic heterocycles. The molecule has 0 spiro atoms. The van der Waals surface area contributed by atoms with Crippen LogP contribution in [0.4, 0.5) is 5.69 Å². The summed E-state index contributed by atoms with van der Waals surface area (Å²) in [5, 5.41) is 3.93. The number of rotatable bonds is 3. The van der Waals surface area contributed by atoms with Crippen LogP contribution in [0.2, 0.25) is 0 Å². The maximum Gasteiger partial charge on any atom is 0.228 e. The number of benzene rings is 2. The summed E-state index contributed by atoms with van der Waals surface area (Å²) in [7, 11) is 0. The molecular formula is C20H20BrNO2. The fourth-order valence-electron chi connectivity index (χ4n) is 2.62. The molecule has 1 N–H and O–H groups in total. The normalized spacial score (nSPS) is 11.7. The number of halogens is 1. The standard InChI is InChI=1S/C20H20BrNO2/c1-20(2,3)14-8-9-18-15(11-14)13(12-24-18)10-19(23)22-17-7-5-4-6-16(17)21/h4-9,11-12H,10H2,1-3H3,(H,22,23). The predicted octanol–water partition coefficient (Wildman–Crippen LogP) is 5.67. The molecule has 0 radical (unpaired) electrons. The zero-order valence-corrected chi connectivity index (χ0v) is 15.6. The van der Waals surface area contributed by atoms with Crippen molar-refractivity contribution in [2.45, 2.75) is 32.6 Å². The second-order valence-electron chi connectivity index (χ2n) is 6.93. The van der Waals surface area contributed by atoms with E-state index in [4.69, 9.17) is 4.42 Å². The fourth-order valence-corrected chi connectivity index (χ4v) is 3.00. The molecule has 1 aromatic heterocycles. The lowest BCUT2D eigenvalue weighted by molar-refractivity contribution is -0.115. The van der Waals surface area contributed by atoms with E-state index in [1.165, 1.54) is 5.56 Å². The summed E-state index contributed by atoms with van der Waals surface area (Å²) in [6, 6.07) is 13.8. The van der Waals surface area contributed by atoms with Crippen LogP contribution in [0.3, 0.4) is 0 Å². The van der Waals surface area contributed by atoms with Gasteiger partial charge in [-0.05, 0) is 51.2 Å². The van der Waals surface area contributed by atoms with Crippen molar-refractivity contribution in [1.29, 1.82) is 0 Å². The zero-order valence-electron chi connectivity index (χ0n) is 14.0. The van der Waals surface area contributed by atoms with Gasteiger partial charge in [-0.1, -0.05) is 39.0 Å². The van der Waals surface area contributed by atoms with E-state index >= 15 is 0 Å². The number of carbonyl (C=O) groups is 1. The van der Waals surface area contributed by atoms with Crippen molar-refractivity contribution >= 4 is 38.5 Å². The van der Waals surface area contributed by atoms with Crippen molar-refractivity contribution in [2.75, 3.05) is 5.32 Å². The Morgan fingerprint density at radius 2 is 1.92 bits per heavy atom. The Morgan fingerprint density at radius 3 is 2.62 bits per heavy atom. The number of furan rings is 1. The van der Waals surface area contributed by atoms with Gasteiger partial charge in [-0.3, -0.25) is 4.79 Å². The van der Waals surface area contributed by atoms with Gasteiger partial charge in [0, 0.05) is 15.4 Å². The summed E-state index contributed by atoms with van der Waals surface area (Å²) in [4.78, 5) is 12.4. The average molecular weight is 386 g/mol. The Kier molecular flexibility index (Phi) is 4.50. The summed E-state index contributed by atoms with van der Waals surface area (Å²) < 4.78 is 6.47. The minimum Gasteiger partial charge on any atom is -0.464 e. The van der Waals surface area contributed by atoms with Gasteiger partial charge in [0.15, 0.2) is 0 Å². The molecule has 3 aromatic rings. The number of fused-ring (bicyclic) bond motifs is 1. The van der Waals surface area contributed by atoms with Crippen molar-refractivity contribution in [2.24, 2.45) is 0 Å². The lowest BCUT2D eigenvalue weighted by atomic mass is 9.86. The molecule has 0 fully saturated rings. The molecule has 0 aliphatic carbocycles. The quantitative estimate of drug-likeness (QED) is 0.630. The Hall–Kier alpha value is -2.07. The minimum absolute atomic E-state index is 0.0554. The summed E-state index contributed by atoms with van der Waals surface area (Å²) in [5.74, 6) is -0.0641. The number of anilines is 1. The van der Waals surface area contributed by atoms with E-state index in [0.717, 1.165) is 26.7 Å². The van der Waals surface area contributed by atoms with Gasteiger partial charge in [0.25, 0.3) is 0 Å². The van der Waals surface area contributed by atoms with Crippen LogP contribution >= 0.6 is 15.9 Å². The summed E-state index contributed by atoms with van der Waals surface area (Å²) in [6.45, 7) is 6.52. The highest BCUT2D eigenvalue weighted by Crippen LogP contribution is 2.29. The zero-order chi connectivity index (χ0) is 17.3. The molecule has 124 valence electrons. The van der Waals surface area contributed by atoms with Crippen molar-refractivity contribution < 1.29 is 9.21 Å². The minimum atomic E-state index is -0.0641. The second-order valence-corrected chi connectivity index (χ2v) is 7.78. The molecule has 0 atom stereocenters. The maximum absolute atomic E-state index is 12.4. The number of amides is 1. The van der Waals surface area contributed by atoms with Crippen molar-refractivity contribution in [3.05, 3.63) is 64.3 Å². The largest absolute Gasteiger partial charge is 0.464 e. The van der Waals surface area contributed by atoms with Crippen LogP contribution in [0, 0.1) is 0 Å². The summed E-state index contributed by atoms with van der Waals surface area (Å²) in [5.41, 5.74) is 3.77. The first kappa shape index (κ1) is 16.8. The molecule has 0 unspecified atom stereocenters. The first-order chi connectivity index (χ1) is 11.3. The van der Waals surface area contributed by atoms with Gasteiger partial charge in [-0.15, -0.1) is 0 Å². The van der Waals surface area contributed by atoms with E-state index in [1.54, 1.807) is 6.26 Å². The predicted molar refractivity (Wildman–Crippen MR) is 101 cm³/mol. The van der Waals surface area contributed by atoms with E-state index in [1.807, 2.05) is 30.3 Å². The lowest BCUT2D eigenvalue weighted by Gasteiger charge is -2.18. The van der Waals surface area contributed by atoms with Crippen LogP contribution in [-0.4, -0.2) is 5.91 Å². The molecule has 0 aliphatic rings. The SMILES string of the molecule is CC(C)(C)c1ccc2occ(CC(=O)Nc3ccccc3Br)c2c1. The molecule has 4 heteroatoms. The van der Waals surface area contributed by atoms with Gasteiger partial charge in [-0.25, -0.2) is 0 Å². The Bertz CT molecular complexity index is 890. The lowest BCUT2D eigenvalue weighted by Crippen LogP contribution is -2.14. The molecule has 24 heavy (non-hydrogen) atoms. The van der Waals surface area contributed by atoms with Crippen LogP contribution in [0.15, 0.2) is 57.6 Å². The Balaban J connectivity index is 1.84. The van der Waals surface area contributed by atoms with Gasteiger partial charge in [-0.2, -0.15) is 0 Å². The smallest absolute Gasteiger partial charge is 0.228 e. The number of hydrogen-bond donors (Lipinski definition) is 1. The van der Waals surface area contributed by atoms with Crippen LogP contribution < -0.4 is 5.32 Å². The molecule has 0 saturated carbocycles. The van der Waals surface area contributed by atoms with E-state index in [2.05, 4.69) is 54.2 Å². The number of carbonyl (C=O) groups excluding carboxylic acids is 1. The van der Waals surface area contributed by atoms with Gasteiger partial charge in [0.2, 0.25) is 5.91 Å². The fraction of sp³-hybridized carbons (Fsp3) is 0.250. The number of para-hydroxylation sites is 1. The topological polar surface area (TPSA) is 42.2 Å². The monoisotopic (exact) mass is 385 g/mol. The second kappa shape index (κ2) is 6.44. The summed E-state index contributed by atoms with van der Waals surface area (Å²) in [6.07, 6.45) is 1.96. The first-order valence-corrected chi connectivity index (χ1v) is 8.69. The van der Waals surface area contributed by atoms with Gasteiger partial charge < -0.3 is 9.73 Å². The Morgan fingerprint density at radius 1 is 1.17 bits per heavy atom. The van der Waals surface area contributed by atoms with E-state index < -0.39 is 0 Å². The van der Waals surface area contributed by atoms with Gasteiger partial charge in [0.05, 0.1) is 18.4 Å². The van der Waals surface area contributed by atoms with E-state index in [0.29, 0.717) is 0 Å². The van der Waals surface area contributed by atoms with Crippen LogP contribution in [-0.2, 0) is 16.6 Å². The van der Waals surface area contributed by atoms with E-state index in [-0.39, 0.29) is 17.7 Å². The van der Waals surface area contributed by atoms with Crippen LogP contribution in [0.1, 0.15) is 31.9 Å². The molecule has 3 nitrogen and oxygen atoms in total. The third-order valence-electron chi connectivity index (χ3n) is 4.02. The van der Waals surface area contributed by atoms with Gasteiger partial charge >= 0.3 is 0 Å². The molecule has 3 rings (SSSR count). The van der Waals surface area contributed by atoms with Crippen molar-refractivity contribution in [3.8, 4) is 0 Å². The number of nitrogens with one attached hydrogen (secondary N) is 1. The molecule has 0 saturated heterocycles. The highest BCUT2D eigenvalue weighted by Gasteiger charge is 2.17. The molecule has 0 bridgehead atoms. The third kappa shape index (κ3) is 3.54.